The van der Waals surface area contributed by atoms with Gasteiger partial charge in [0.2, 0.25) is 5.16 Å². The summed E-state index contributed by atoms with van der Waals surface area (Å²) in [6, 6.07) is 9.08. The van der Waals surface area contributed by atoms with E-state index in [1.54, 1.807) is 35.3 Å². The van der Waals surface area contributed by atoms with Crippen molar-refractivity contribution >= 4 is 35.1 Å². The zero-order chi connectivity index (χ0) is 25.3. The van der Waals surface area contributed by atoms with Crippen LogP contribution in [0.25, 0.3) is 5.78 Å². The molecule has 4 aromatic rings. The quantitative estimate of drug-likeness (QED) is 0.307. The fourth-order valence-corrected chi connectivity index (χ4v) is 4.48. The van der Waals surface area contributed by atoms with Crippen molar-refractivity contribution in [2.45, 2.75) is 51.6 Å². The number of amides is 1. The highest BCUT2D eigenvalue weighted by atomic mass is 32.2. The normalized spacial score (nSPS) is 12.1. The summed E-state index contributed by atoms with van der Waals surface area (Å²) in [7, 11) is 1.80. The molecule has 11 heteroatoms. The summed E-state index contributed by atoms with van der Waals surface area (Å²) in [5.74, 6) is 0.00198. The Labute approximate surface area is 207 Å². The molecule has 0 aliphatic rings. The van der Waals surface area contributed by atoms with Crippen LogP contribution in [0.4, 0.5) is 5.69 Å². The first-order valence-electron chi connectivity index (χ1n) is 11.1. The molecule has 0 aliphatic heterocycles. The molecule has 4 rings (SSSR count). The summed E-state index contributed by atoms with van der Waals surface area (Å²) in [5, 5.41) is 12.2. The molecule has 182 valence electrons. The Morgan fingerprint density at radius 2 is 1.86 bits per heavy atom. The van der Waals surface area contributed by atoms with Crippen molar-refractivity contribution in [3.05, 3.63) is 64.2 Å². The maximum Gasteiger partial charge on any atom is 0.339 e. The molecular formula is C24H27N7O3S. The van der Waals surface area contributed by atoms with E-state index in [0.717, 1.165) is 22.6 Å². The van der Waals surface area contributed by atoms with Gasteiger partial charge in [-0.25, -0.2) is 14.3 Å². The lowest BCUT2D eigenvalue weighted by molar-refractivity contribution is -0.123. The number of hydrogen-bond donors (Lipinski definition) is 1. The second kappa shape index (κ2) is 9.87. The molecule has 3 aromatic heterocycles. The summed E-state index contributed by atoms with van der Waals surface area (Å²) in [6.45, 7) is 9.07. The van der Waals surface area contributed by atoms with Gasteiger partial charge < -0.3 is 10.1 Å². The molecule has 0 bridgehead atoms. The topological polar surface area (TPSA) is 116 Å². The Hall–Kier alpha value is -3.73. The van der Waals surface area contributed by atoms with E-state index in [0.29, 0.717) is 33.6 Å². The van der Waals surface area contributed by atoms with Gasteiger partial charge in [-0.2, -0.15) is 10.1 Å². The van der Waals surface area contributed by atoms with Crippen LogP contribution >= 0.6 is 11.8 Å². The van der Waals surface area contributed by atoms with Gasteiger partial charge in [-0.15, -0.1) is 5.10 Å². The third-order valence-corrected chi connectivity index (χ3v) is 6.49. The molecular weight excluding hydrogens is 466 g/mol. The van der Waals surface area contributed by atoms with Crippen LogP contribution in [-0.2, 0) is 22.3 Å². The first-order chi connectivity index (χ1) is 16.6. The first-order valence-corrected chi connectivity index (χ1v) is 12.1. The molecule has 1 amide bonds. The number of benzene rings is 1. The van der Waals surface area contributed by atoms with Crippen LogP contribution in [0.1, 0.15) is 45.6 Å². The zero-order valence-corrected chi connectivity index (χ0v) is 21.3. The van der Waals surface area contributed by atoms with Crippen molar-refractivity contribution in [1.29, 1.82) is 0 Å². The molecule has 0 saturated heterocycles. The SMILES string of the molecule is Cc1cc(C)n2nc(SCc3ccccc3C(=O)OC(C)C(=O)Nc3c(C)nn(C)c3C)nc2n1. The number of fused-ring (bicyclic) bond motifs is 1. The predicted molar refractivity (Wildman–Crippen MR) is 132 cm³/mol. The molecule has 0 fully saturated rings. The summed E-state index contributed by atoms with van der Waals surface area (Å²) >= 11 is 1.40. The number of carbonyl (C=O) groups is 2. The van der Waals surface area contributed by atoms with Gasteiger partial charge in [0.25, 0.3) is 11.7 Å². The number of nitrogens with zero attached hydrogens (tertiary/aromatic N) is 6. The molecule has 1 atom stereocenters. The van der Waals surface area contributed by atoms with Crippen LogP contribution < -0.4 is 5.32 Å². The van der Waals surface area contributed by atoms with Gasteiger partial charge in [0.05, 0.1) is 22.6 Å². The third kappa shape index (κ3) is 5.19. The monoisotopic (exact) mass is 493 g/mol. The van der Waals surface area contributed by atoms with Crippen molar-refractivity contribution in [3.63, 3.8) is 0 Å². The summed E-state index contributed by atoms with van der Waals surface area (Å²) in [6.07, 6.45) is -0.986. The van der Waals surface area contributed by atoms with Crippen LogP contribution in [0.5, 0.6) is 0 Å². The molecule has 10 nitrogen and oxygen atoms in total. The van der Waals surface area contributed by atoms with Crippen LogP contribution in [0.15, 0.2) is 35.5 Å². The fourth-order valence-electron chi connectivity index (χ4n) is 3.65. The lowest BCUT2D eigenvalue weighted by atomic mass is 10.1. The highest BCUT2D eigenvalue weighted by Crippen LogP contribution is 2.24. The van der Waals surface area contributed by atoms with Crippen molar-refractivity contribution < 1.29 is 14.3 Å². The number of aryl methyl sites for hydroxylation is 4. The van der Waals surface area contributed by atoms with Gasteiger partial charge in [0.15, 0.2) is 6.10 Å². The minimum atomic E-state index is -0.986. The summed E-state index contributed by atoms with van der Waals surface area (Å²) in [5.41, 5.74) is 5.10. The average Bonchev–Trinajstić information content (AvgIpc) is 3.33. The van der Waals surface area contributed by atoms with Crippen LogP contribution in [-0.4, -0.2) is 47.3 Å². The Kier molecular flexibility index (Phi) is 6.88. The van der Waals surface area contributed by atoms with Crippen LogP contribution in [0.2, 0.25) is 0 Å². The van der Waals surface area contributed by atoms with Crippen molar-refractivity contribution in [2.75, 3.05) is 5.32 Å². The Balaban J connectivity index is 1.44. The maximum atomic E-state index is 12.9. The number of anilines is 1. The van der Waals surface area contributed by atoms with Crippen molar-refractivity contribution in [3.8, 4) is 0 Å². The van der Waals surface area contributed by atoms with Crippen LogP contribution in [0.3, 0.4) is 0 Å². The molecule has 1 N–H and O–H groups in total. The van der Waals surface area contributed by atoms with E-state index in [1.165, 1.54) is 11.8 Å². The number of esters is 1. The molecule has 0 radical (unpaired) electrons. The van der Waals surface area contributed by atoms with Gasteiger partial charge in [0, 0.05) is 24.2 Å². The van der Waals surface area contributed by atoms with E-state index in [-0.39, 0.29) is 0 Å². The van der Waals surface area contributed by atoms with Gasteiger partial charge in [-0.1, -0.05) is 30.0 Å². The highest BCUT2D eigenvalue weighted by Gasteiger charge is 2.23. The number of ether oxygens (including phenoxy) is 1. The number of nitrogens with one attached hydrogen (secondary N) is 1. The fraction of sp³-hybridized carbons (Fsp3) is 0.333. The van der Waals surface area contributed by atoms with E-state index in [2.05, 4.69) is 25.5 Å². The Morgan fingerprint density at radius 1 is 1.11 bits per heavy atom. The highest BCUT2D eigenvalue weighted by molar-refractivity contribution is 7.98. The Morgan fingerprint density at radius 3 is 2.57 bits per heavy atom. The maximum absolute atomic E-state index is 12.9. The predicted octanol–water partition coefficient (Wildman–Crippen LogP) is 3.57. The lowest BCUT2D eigenvalue weighted by Crippen LogP contribution is -2.30. The second-order valence-corrected chi connectivity index (χ2v) is 9.24. The van der Waals surface area contributed by atoms with E-state index in [4.69, 9.17) is 4.74 Å². The second-order valence-electron chi connectivity index (χ2n) is 8.30. The van der Waals surface area contributed by atoms with Crippen LogP contribution in [0, 0.1) is 27.7 Å². The largest absolute Gasteiger partial charge is 0.449 e. The number of thioether (sulfide) groups is 1. The molecule has 0 spiro atoms. The molecule has 1 aromatic carbocycles. The number of aromatic nitrogens is 6. The molecule has 0 saturated carbocycles. The first kappa shape index (κ1) is 24.4. The van der Waals surface area contributed by atoms with Crippen molar-refractivity contribution in [2.24, 2.45) is 7.05 Å². The standard InChI is InChI=1S/C24H27N7O3S/c1-13-11-14(2)31-23(25-13)27-24(29-31)35-12-18-9-7-8-10-19(18)22(33)34-17(5)21(32)26-20-15(3)28-30(6)16(20)4/h7-11,17H,12H2,1-6H3,(H,26,32). The van der Waals surface area contributed by atoms with Gasteiger partial charge in [-0.3, -0.25) is 9.48 Å². The van der Waals surface area contributed by atoms with Crippen molar-refractivity contribution in [1.82, 2.24) is 29.4 Å². The summed E-state index contributed by atoms with van der Waals surface area (Å²) < 4.78 is 8.88. The third-order valence-electron chi connectivity index (χ3n) is 5.60. The average molecular weight is 494 g/mol. The lowest BCUT2D eigenvalue weighted by Gasteiger charge is -2.15. The van der Waals surface area contributed by atoms with E-state index in [9.17, 15) is 9.59 Å². The molecule has 0 aliphatic carbocycles. The smallest absolute Gasteiger partial charge is 0.339 e. The molecule has 35 heavy (non-hydrogen) atoms. The zero-order valence-electron chi connectivity index (χ0n) is 20.5. The van der Waals surface area contributed by atoms with E-state index in [1.807, 2.05) is 45.9 Å². The van der Waals surface area contributed by atoms with Gasteiger partial charge in [0.1, 0.15) is 0 Å². The van der Waals surface area contributed by atoms with E-state index >= 15 is 0 Å². The summed E-state index contributed by atoms with van der Waals surface area (Å²) in [4.78, 5) is 34.5. The minimum absolute atomic E-state index is 0.391. The van der Waals surface area contributed by atoms with Gasteiger partial charge >= 0.3 is 5.97 Å². The molecule has 1 unspecified atom stereocenters. The van der Waals surface area contributed by atoms with E-state index < -0.39 is 18.0 Å². The number of rotatable bonds is 7. The molecule has 3 heterocycles. The number of hydrogen-bond acceptors (Lipinski definition) is 8. The minimum Gasteiger partial charge on any atom is -0.449 e. The number of carbonyl (C=O) groups excluding carboxylic acids is 2. The Bertz CT molecular complexity index is 1430. The van der Waals surface area contributed by atoms with Gasteiger partial charge in [-0.05, 0) is 52.3 Å².